The highest BCUT2D eigenvalue weighted by Crippen LogP contribution is 2.65. The molecule has 3 saturated carbocycles. The van der Waals surface area contributed by atoms with Gasteiger partial charge in [-0.1, -0.05) is 32.1 Å². The number of nitrogens with zero attached hydrogens (tertiary/aromatic N) is 1. The summed E-state index contributed by atoms with van der Waals surface area (Å²) in [6.07, 6.45) is 10.5. The lowest BCUT2D eigenvalue weighted by atomic mass is 9.47. The summed E-state index contributed by atoms with van der Waals surface area (Å²) in [7, 11) is 1.97. The van der Waals surface area contributed by atoms with Crippen LogP contribution in [-0.4, -0.2) is 35.7 Å². The Balaban J connectivity index is 1.31. The van der Waals surface area contributed by atoms with Gasteiger partial charge < -0.3 is 15.5 Å². The summed E-state index contributed by atoms with van der Waals surface area (Å²) in [6, 6.07) is 8.03. The average molecular weight is 506 g/mol. The Morgan fingerprint density at radius 3 is 2.38 bits per heavy atom. The lowest BCUT2D eigenvalue weighted by molar-refractivity contribution is -0.143. The van der Waals surface area contributed by atoms with Gasteiger partial charge in [-0.15, -0.1) is 0 Å². The first-order valence-electron chi connectivity index (χ1n) is 14.0. The third-order valence-corrected chi connectivity index (χ3v) is 10.8. The number of carbonyl (C=O) groups excluding carboxylic acids is 3. The van der Waals surface area contributed by atoms with Crippen LogP contribution >= 0.6 is 0 Å². The molecule has 2 N–H and O–H groups in total. The first kappa shape index (κ1) is 26.0. The number of hydrogen-bond acceptors (Lipinski definition) is 3. The van der Waals surface area contributed by atoms with Gasteiger partial charge in [0.05, 0.1) is 5.54 Å². The molecule has 3 fully saturated rings. The van der Waals surface area contributed by atoms with E-state index in [9.17, 15) is 14.4 Å². The highest BCUT2D eigenvalue weighted by molar-refractivity contribution is 5.89. The summed E-state index contributed by atoms with van der Waals surface area (Å²) in [5, 5.41) is 6.19. The first-order chi connectivity index (χ1) is 17.4. The van der Waals surface area contributed by atoms with Gasteiger partial charge in [0.2, 0.25) is 17.7 Å². The summed E-state index contributed by atoms with van der Waals surface area (Å²) in [5.41, 5.74) is 1.31. The van der Waals surface area contributed by atoms with Gasteiger partial charge in [-0.3, -0.25) is 14.4 Å². The van der Waals surface area contributed by atoms with E-state index in [1.807, 2.05) is 36.2 Å². The van der Waals surface area contributed by atoms with Crippen LogP contribution in [0.5, 0.6) is 0 Å². The van der Waals surface area contributed by atoms with Crippen LogP contribution in [0.4, 0.5) is 5.69 Å². The smallest absolute Gasteiger partial charge is 0.246 e. The van der Waals surface area contributed by atoms with E-state index in [1.165, 1.54) is 6.92 Å². The van der Waals surface area contributed by atoms with Gasteiger partial charge in [0, 0.05) is 37.0 Å². The Morgan fingerprint density at radius 1 is 1.00 bits per heavy atom. The zero-order chi connectivity index (χ0) is 26.8. The Kier molecular flexibility index (Phi) is 6.32. The molecule has 7 atom stereocenters. The fraction of sp³-hybridized carbons (Fsp3) is 0.645. The van der Waals surface area contributed by atoms with E-state index in [2.05, 4.69) is 44.4 Å². The Bertz CT molecular complexity index is 1130. The van der Waals surface area contributed by atoms with Gasteiger partial charge in [-0.2, -0.15) is 0 Å². The number of fused-ring (bicyclic) bond motifs is 5. The SMILES string of the molecule is CC(=O)Nc1ccc(C(C)(C)NC(=O)[C@H]2CC[C@H]3[C@@H]4CC[C@H]5N(C)C(=O)C=C[C@]5(C)[C@H]4CC[C@]23C)cc1. The molecule has 3 aliphatic carbocycles. The number of rotatable bonds is 4. The molecule has 0 saturated heterocycles. The fourth-order valence-corrected chi connectivity index (χ4v) is 8.81. The van der Waals surface area contributed by atoms with Crippen molar-refractivity contribution >= 4 is 23.4 Å². The first-order valence-corrected chi connectivity index (χ1v) is 14.0. The molecule has 4 aliphatic rings. The van der Waals surface area contributed by atoms with E-state index >= 15 is 0 Å². The van der Waals surface area contributed by atoms with Gasteiger partial charge in [0.15, 0.2) is 0 Å². The summed E-state index contributed by atoms with van der Waals surface area (Å²) in [4.78, 5) is 39.5. The van der Waals surface area contributed by atoms with Crippen molar-refractivity contribution in [3.63, 3.8) is 0 Å². The van der Waals surface area contributed by atoms with E-state index in [0.29, 0.717) is 17.8 Å². The minimum Gasteiger partial charge on any atom is -0.347 e. The predicted octanol–water partition coefficient (Wildman–Crippen LogP) is 5.25. The zero-order valence-corrected chi connectivity index (χ0v) is 23.3. The highest BCUT2D eigenvalue weighted by Gasteiger charge is 2.61. The number of likely N-dealkylation sites (N-methyl/N-ethyl adjacent to an activating group) is 1. The number of hydrogen-bond donors (Lipinski definition) is 2. The van der Waals surface area contributed by atoms with Crippen molar-refractivity contribution in [3.8, 4) is 0 Å². The van der Waals surface area contributed by atoms with Crippen molar-refractivity contribution < 1.29 is 14.4 Å². The molecule has 6 heteroatoms. The number of benzene rings is 1. The molecule has 0 radical (unpaired) electrons. The van der Waals surface area contributed by atoms with Gasteiger partial charge >= 0.3 is 0 Å². The van der Waals surface area contributed by atoms with Crippen molar-refractivity contribution in [1.29, 1.82) is 0 Å². The van der Waals surface area contributed by atoms with Gasteiger partial charge in [-0.25, -0.2) is 0 Å². The molecule has 0 aromatic heterocycles. The number of amides is 3. The van der Waals surface area contributed by atoms with Crippen molar-refractivity contribution in [2.24, 2.45) is 34.5 Å². The van der Waals surface area contributed by atoms with Crippen molar-refractivity contribution in [2.75, 3.05) is 12.4 Å². The molecule has 0 spiro atoms. The average Bonchev–Trinajstić information content (AvgIpc) is 3.19. The van der Waals surface area contributed by atoms with Crippen LogP contribution in [0.3, 0.4) is 0 Å². The van der Waals surface area contributed by atoms with Crippen LogP contribution in [0.1, 0.15) is 78.7 Å². The van der Waals surface area contributed by atoms with Crippen LogP contribution in [0.15, 0.2) is 36.4 Å². The molecule has 200 valence electrons. The third-order valence-electron chi connectivity index (χ3n) is 10.8. The Morgan fingerprint density at radius 2 is 1.70 bits per heavy atom. The Labute approximate surface area is 221 Å². The molecule has 1 aromatic carbocycles. The maximum absolute atomic E-state index is 13.8. The predicted molar refractivity (Wildman–Crippen MR) is 145 cm³/mol. The third kappa shape index (κ3) is 4.21. The second-order valence-electron chi connectivity index (χ2n) is 13.2. The van der Waals surface area contributed by atoms with Crippen LogP contribution in [0, 0.1) is 34.5 Å². The zero-order valence-electron chi connectivity index (χ0n) is 23.3. The van der Waals surface area contributed by atoms with E-state index in [1.54, 1.807) is 6.08 Å². The van der Waals surface area contributed by atoms with Crippen molar-refractivity contribution in [3.05, 3.63) is 42.0 Å². The monoisotopic (exact) mass is 505 g/mol. The van der Waals surface area contributed by atoms with Crippen molar-refractivity contribution in [1.82, 2.24) is 10.2 Å². The molecular weight excluding hydrogens is 462 g/mol. The molecule has 1 heterocycles. The maximum Gasteiger partial charge on any atom is 0.246 e. The maximum atomic E-state index is 13.8. The minimum atomic E-state index is -0.507. The molecule has 37 heavy (non-hydrogen) atoms. The molecule has 0 bridgehead atoms. The largest absolute Gasteiger partial charge is 0.347 e. The van der Waals surface area contributed by atoms with Crippen LogP contribution < -0.4 is 10.6 Å². The molecule has 5 rings (SSSR count). The lowest BCUT2D eigenvalue weighted by Crippen LogP contribution is -2.60. The molecule has 1 aromatic rings. The number of anilines is 1. The molecule has 1 aliphatic heterocycles. The molecule has 0 unspecified atom stereocenters. The summed E-state index contributed by atoms with van der Waals surface area (Å²) in [5.74, 6) is 1.95. The van der Waals surface area contributed by atoms with Crippen LogP contribution in [0.2, 0.25) is 0 Å². The van der Waals surface area contributed by atoms with Crippen molar-refractivity contribution in [2.45, 2.75) is 84.7 Å². The molecule has 6 nitrogen and oxygen atoms in total. The second kappa shape index (κ2) is 8.99. The lowest BCUT2D eigenvalue weighted by Gasteiger charge is -2.60. The van der Waals surface area contributed by atoms with Gasteiger partial charge in [-0.05, 0) is 99.3 Å². The van der Waals surface area contributed by atoms with Crippen LogP contribution in [0.25, 0.3) is 0 Å². The molecular formula is C31H43N3O3. The van der Waals surface area contributed by atoms with E-state index in [0.717, 1.165) is 49.8 Å². The highest BCUT2D eigenvalue weighted by atomic mass is 16.2. The minimum absolute atomic E-state index is 0.0138. The Hall–Kier alpha value is -2.63. The molecule has 3 amide bonds. The second-order valence-corrected chi connectivity index (χ2v) is 13.2. The standard InChI is InChI=1S/C31H43N3O3/c1-19(35)32-21-9-7-20(8-10-21)29(2,3)33-28(37)25-13-12-23-22-11-14-26-31(5,18-16-27(36)34(26)6)24(22)15-17-30(23,25)4/h7-10,16,18,22-26H,11-15,17H2,1-6H3,(H,32,35)(H,33,37)/t22-,23-,24-,25+,26+,30-,31+/m0/s1. The number of nitrogens with one attached hydrogen (secondary N) is 2. The van der Waals surface area contributed by atoms with E-state index in [4.69, 9.17) is 0 Å². The van der Waals surface area contributed by atoms with Crippen LogP contribution in [-0.2, 0) is 19.9 Å². The number of carbonyl (C=O) groups is 3. The topological polar surface area (TPSA) is 78.5 Å². The summed E-state index contributed by atoms with van der Waals surface area (Å²) in [6.45, 7) is 10.4. The quantitative estimate of drug-likeness (QED) is 0.587. The van der Waals surface area contributed by atoms with E-state index in [-0.39, 0.29) is 40.5 Å². The van der Waals surface area contributed by atoms with Gasteiger partial charge in [0.1, 0.15) is 0 Å². The van der Waals surface area contributed by atoms with E-state index < -0.39 is 5.54 Å². The normalized spacial score (nSPS) is 36.9. The van der Waals surface area contributed by atoms with Gasteiger partial charge in [0.25, 0.3) is 0 Å². The summed E-state index contributed by atoms with van der Waals surface area (Å²) >= 11 is 0. The fourth-order valence-electron chi connectivity index (χ4n) is 8.81. The summed E-state index contributed by atoms with van der Waals surface area (Å²) < 4.78 is 0.